The molecule has 0 aliphatic carbocycles. The van der Waals surface area contributed by atoms with Crippen LogP contribution in [0.4, 0.5) is 0 Å². The van der Waals surface area contributed by atoms with E-state index in [0.29, 0.717) is 6.61 Å². The molecule has 0 saturated carbocycles. The van der Waals surface area contributed by atoms with Crippen molar-refractivity contribution in [1.29, 1.82) is 5.41 Å². The highest BCUT2D eigenvalue weighted by atomic mass is 16.5. The lowest BCUT2D eigenvalue weighted by atomic mass is 10.0. The Bertz CT molecular complexity index is 620. The first-order valence-corrected chi connectivity index (χ1v) is 7.38. The van der Waals surface area contributed by atoms with Gasteiger partial charge in [0, 0.05) is 17.5 Å². The minimum Gasteiger partial charge on any atom is -0.492 e. The Morgan fingerprint density at radius 3 is 2.38 bits per heavy atom. The molecule has 0 amide bonds. The second-order valence-electron chi connectivity index (χ2n) is 4.95. The van der Waals surface area contributed by atoms with Gasteiger partial charge in [-0.05, 0) is 30.6 Å². The molecule has 112 valence electrons. The summed E-state index contributed by atoms with van der Waals surface area (Å²) < 4.78 is 5.94. The molecule has 2 aromatic carbocycles. The fourth-order valence-electron chi connectivity index (χ4n) is 2.46. The zero-order valence-corrected chi connectivity index (χ0v) is 12.7. The topological polar surface area (TPSA) is 62.3 Å². The Kier molecular flexibility index (Phi) is 5.17. The first-order valence-electron chi connectivity index (χ1n) is 7.38. The molecule has 0 radical (unpaired) electrons. The molecule has 4 heteroatoms. The SMILES string of the molecule is CCN(CC)CCOc1ccc(C(=N)N)c2ccccc12. The summed E-state index contributed by atoms with van der Waals surface area (Å²) in [5, 5.41) is 9.63. The van der Waals surface area contributed by atoms with Crippen LogP contribution in [0.5, 0.6) is 5.75 Å². The lowest BCUT2D eigenvalue weighted by molar-refractivity contribution is 0.224. The standard InChI is InChI=1S/C17H23N3O/c1-3-20(4-2)11-12-21-16-10-9-15(17(18)19)13-7-5-6-8-14(13)16/h5-10H,3-4,11-12H2,1-2H3,(H3,18,19). The third-order valence-corrected chi connectivity index (χ3v) is 3.73. The van der Waals surface area contributed by atoms with Crippen LogP contribution in [0.25, 0.3) is 10.8 Å². The van der Waals surface area contributed by atoms with E-state index in [0.717, 1.165) is 41.7 Å². The van der Waals surface area contributed by atoms with Crippen molar-refractivity contribution >= 4 is 16.6 Å². The number of hydrogen-bond donors (Lipinski definition) is 2. The molecule has 0 fully saturated rings. The maximum absolute atomic E-state index is 7.66. The Morgan fingerprint density at radius 2 is 1.76 bits per heavy atom. The van der Waals surface area contributed by atoms with E-state index in [1.807, 2.05) is 36.4 Å². The first-order chi connectivity index (χ1) is 10.2. The van der Waals surface area contributed by atoms with Crippen molar-refractivity contribution in [2.24, 2.45) is 5.73 Å². The molecule has 3 N–H and O–H groups in total. The molecule has 0 saturated heterocycles. The average Bonchev–Trinajstić information content (AvgIpc) is 2.51. The summed E-state index contributed by atoms with van der Waals surface area (Å²) in [6.07, 6.45) is 0. The summed E-state index contributed by atoms with van der Waals surface area (Å²) in [6, 6.07) is 11.7. The number of fused-ring (bicyclic) bond motifs is 1. The van der Waals surface area contributed by atoms with Gasteiger partial charge in [0.1, 0.15) is 18.2 Å². The van der Waals surface area contributed by atoms with Crippen LogP contribution in [-0.4, -0.2) is 37.0 Å². The van der Waals surface area contributed by atoms with Gasteiger partial charge in [0.2, 0.25) is 0 Å². The predicted octanol–water partition coefficient (Wildman–Crippen LogP) is 2.84. The molecule has 0 atom stereocenters. The fourth-order valence-corrected chi connectivity index (χ4v) is 2.46. The van der Waals surface area contributed by atoms with E-state index >= 15 is 0 Å². The quantitative estimate of drug-likeness (QED) is 0.607. The van der Waals surface area contributed by atoms with E-state index in [-0.39, 0.29) is 5.84 Å². The number of nitrogens with two attached hydrogens (primary N) is 1. The van der Waals surface area contributed by atoms with E-state index < -0.39 is 0 Å². The third kappa shape index (κ3) is 3.52. The molecule has 0 heterocycles. The molecule has 0 aliphatic rings. The van der Waals surface area contributed by atoms with Crippen LogP contribution in [0, 0.1) is 5.41 Å². The summed E-state index contributed by atoms with van der Waals surface area (Å²) in [6.45, 7) is 7.94. The number of nitrogens with zero attached hydrogens (tertiary/aromatic N) is 1. The van der Waals surface area contributed by atoms with Crippen molar-refractivity contribution in [2.75, 3.05) is 26.2 Å². The van der Waals surface area contributed by atoms with Crippen LogP contribution in [0.3, 0.4) is 0 Å². The van der Waals surface area contributed by atoms with Crippen molar-refractivity contribution in [2.45, 2.75) is 13.8 Å². The number of nitrogens with one attached hydrogen (secondary N) is 1. The number of rotatable bonds is 7. The van der Waals surface area contributed by atoms with Crippen molar-refractivity contribution in [3.05, 3.63) is 42.0 Å². The third-order valence-electron chi connectivity index (χ3n) is 3.73. The van der Waals surface area contributed by atoms with Crippen molar-refractivity contribution in [3.63, 3.8) is 0 Å². The van der Waals surface area contributed by atoms with Crippen LogP contribution in [0.15, 0.2) is 36.4 Å². The minimum absolute atomic E-state index is 0.0842. The largest absolute Gasteiger partial charge is 0.492 e. The summed E-state index contributed by atoms with van der Waals surface area (Å²) >= 11 is 0. The van der Waals surface area contributed by atoms with Crippen molar-refractivity contribution < 1.29 is 4.74 Å². The lowest BCUT2D eigenvalue weighted by Crippen LogP contribution is -2.27. The molecule has 4 nitrogen and oxygen atoms in total. The molecule has 0 aromatic heterocycles. The molecule has 0 aliphatic heterocycles. The molecule has 21 heavy (non-hydrogen) atoms. The van der Waals surface area contributed by atoms with E-state index in [1.165, 1.54) is 0 Å². The van der Waals surface area contributed by atoms with E-state index in [9.17, 15) is 0 Å². The first kappa shape index (κ1) is 15.3. The minimum atomic E-state index is 0.0842. The average molecular weight is 285 g/mol. The van der Waals surface area contributed by atoms with E-state index in [2.05, 4.69) is 18.7 Å². The second kappa shape index (κ2) is 7.09. The van der Waals surface area contributed by atoms with Crippen LogP contribution in [0.1, 0.15) is 19.4 Å². The van der Waals surface area contributed by atoms with Gasteiger partial charge < -0.3 is 15.4 Å². The Morgan fingerprint density at radius 1 is 1.10 bits per heavy atom. The molecule has 0 bridgehead atoms. The van der Waals surface area contributed by atoms with Crippen molar-refractivity contribution in [3.8, 4) is 5.75 Å². The Hall–Kier alpha value is -2.07. The highest BCUT2D eigenvalue weighted by Crippen LogP contribution is 2.28. The second-order valence-corrected chi connectivity index (χ2v) is 4.95. The Balaban J connectivity index is 2.21. The van der Waals surface area contributed by atoms with E-state index in [4.69, 9.17) is 15.9 Å². The van der Waals surface area contributed by atoms with Gasteiger partial charge >= 0.3 is 0 Å². The number of nitrogen functional groups attached to an aromatic ring is 1. The van der Waals surface area contributed by atoms with Crippen molar-refractivity contribution in [1.82, 2.24) is 4.90 Å². The molecular weight excluding hydrogens is 262 g/mol. The number of hydrogen-bond acceptors (Lipinski definition) is 3. The molecule has 2 rings (SSSR count). The van der Waals surface area contributed by atoms with Crippen LogP contribution >= 0.6 is 0 Å². The van der Waals surface area contributed by atoms with Crippen LogP contribution in [-0.2, 0) is 0 Å². The van der Waals surface area contributed by atoms with Gasteiger partial charge in [0.05, 0.1) is 0 Å². The number of amidine groups is 1. The smallest absolute Gasteiger partial charge is 0.127 e. The fraction of sp³-hybridized carbons (Fsp3) is 0.353. The summed E-state index contributed by atoms with van der Waals surface area (Å²) in [5.41, 5.74) is 6.39. The predicted molar refractivity (Wildman–Crippen MR) is 88.2 cm³/mol. The monoisotopic (exact) mass is 285 g/mol. The molecule has 0 spiro atoms. The lowest BCUT2D eigenvalue weighted by Gasteiger charge is -2.18. The molecule has 2 aromatic rings. The maximum Gasteiger partial charge on any atom is 0.127 e. The highest BCUT2D eigenvalue weighted by Gasteiger charge is 2.08. The normalized spacial score (nSPS) is 11.0. The van der Waals surface area contributed by atoms with E-state index in [1.54, 1.807) is 0 Å². The molecule has 0 unspecified atom stereocenters. The molecular formula is C17H23N3O. The summed E-state index contributed by atoms with van der Waals surface area (Å²) in [7, 11) is 0. The van der Waals surface area contributed by atoms with Gasteiger partial charge in [0.25, 0.3) is 0 Å². The van der Waals surface area contributed by atoms with Gasteiger partial charge in [-0.1, -0.05) is 38.1 Å². The van der Waals surface area contributed by atoms with Crippen LogP contribution < -0.4 is 10.5 Å². The maximum atomic E-state index is 7.66. The number of benzene rings is 2. The Labute approximate surface area is 126 Å². The van der Waals surface area contributed by atoms with Gasteiger partial charge in [-0.25, -0.2) is 0 Å². The number of likely N-dealkylation sites (N-methyl/N-ethyl adjacent to an activating group) is 1. The van der Waals surface area contributed by atoms with Gasteiger partial charge in [-0.2, -0.15) is 0 Å². The number of ether oxygens (including phenoxy) is 1. The highest BCUT2D eigenvalue weighted by molar-refractivity contribution is 6.09. The van der Waals surface area contributed by atoms with Gasteiger partial charge in [0.15, 0.2) is 0 Å². The van der Waals surface area contributed by atoms with Gasteiger partial charge in [-0.15, -0.1) is 0 Å². The van der Waals surface area contributed by atoms with Gasteiger partial charge in [-0.3, -0.25) is 5.41 Å². The zero-order valence-electron chi connectivity index (χ0n) is 12.7. The summed E-state index contributed by atoms with van der Waals surface area (Å²) in [5.74, 6) is 0.934. The summed E-state index contributed by atoms with van der Waals surface area (Å²) in [4.78, 5) is 2.33. The van der Waals surface area contributed by atoms with Crippen LogP contribution in [0.2, 0.25) is 0 Å². The zero-order chi connectivity index (χ0) is 15.2.